The zero-order valence-corrected chi connectivity index (χ0v) is 23.0. The van der Waals surface area contributed by atoms with Crippen molar-refractivity contribution < 1.29 is 9.59 Å². The minimum atomic E-state index is -0.661. The second kappa shape index (κ2) is 14.3. The minimum absolute atomic E-state index is 0.102. The molecule has 1 atom stereocenters. The van der Waals surface area contributed by atoms with Crippen molar-refractivity contribution in [3.63, 3.8) is 0 Å². The molecule has 1 N–H and O–H groups in total. The van der Waals surface area contributed by atoms with E-state index in [2.05, 4.69) is 5.32 Å². The SMILES string of the molecule is CC(C)CNC(=O)C(Cc1ccccc1)N(Cc1ccccc1Cl)C(=O)CSCc1ccc(Cl)cc1. The van der Waals surface area contributed by atoms with Crippen LogP contribution >= 0.6 is 35.0 Å². The molecule has 3 aromatic rings. The number of benzene rings is 3. The van der Waals surface area contributed by atoms with Crippen molar-refractivity contribution in [3.05, 3.63) is 106 Å². The Morgan fingerprint density at radius 3 is 2.22 bits per heavy atom. The molecule has 0 aromatic heterocycles. The second-order valence-corrected chi connectivity index (χ2v) is 10.9. The molecule has 190 valence electrons. The third-order valence-corrected chi connectivity index (χ3v) is 7.27. The third kappa shape index (κ3) is 8.88. The van der Waals surface area contributed by atoms with Crippen LogP contribution in [0.1, 0.15) is 30.5 Å². The first-order chi connectivity index (χ1) is 17.3. The highest BCUT2D eigenvalue weighted by Gasteiger charge is 2.30. The summed E-state index contributed by atoms with van der Waals surface area (Å²) in [6, 6.07) is 24.2. The number of thioether (sulfide) groups is 1. The normalized spacial score (nSPS) is 11.8. The number of carbonyl (C=O) groups excluding carboxylic acids is 2. The van der Waals surface area contributed by atoms with E-state index in [0.29, 0.717) is 34.7 Å². The van der Waals surface area contributed by atoms with Crippen molar-refractivity contribution in [3.8, 4) is 0 Å². The fraction of sp³-hybridized carbons (Fsp3) is 0.310. The van der Waals surface area contributed by atoms with Crippen LogP contribution in [0.2, 0.25) is 10.0 Å². The number of amides is 2. The smallest absolute Gasteiger partial charge is 0.243 e. The molecular formula is C29H32Cl2N2O2S. The summed E-state index contributed by atoms with van der Waals surface area (Å²) < 4.78 is 0. The van der Waals surface area contributed by atoms with Crippen LogP contribution in [-0.2, 0) is 28.3 Å². The maximum atomic E-state index is 13.6. The minimum Gasteiger partial charge on any atom is -0.354 e. The molecule has 3 rings (SSSR count). The van der Waals surface area contributed by atoms with E-state index >= 15 is 0 Å². The Bertz CT molecular complexity index is 1120. The average Bonchev–Trinajstić information content (AvgIpc) is 2.87. The summed E-state index contributed by atoms with van der Waals surface area (Å²) in [6.45, 7) is 4.90. The van der Waals surface area contributed by atoms with Gasteiger partial charge >= 0.3 is 0 Å². The van der Waals surface area contributed by atoms with Crippen molar-refractivity contribution in [2.24, 2.45) is 5.92 Å². The quantitative estimate of drug-likeness (QED) is 0.279. The van der Waals surface area contributed by atoms with E-state index in [9.17, 15) is 9.59 Å². The maximum absolute atomic E-state index is 13.6. The molecule has 0 aliphatic heterocycles. The van der Waals surface area contributed by atoms with Gasteiger partial charge in [-0.15, -0.1) is 11.8 Å². The lowest BCUT2D eigenvalue weighted by atomic mass is 10.0. The van der Waals surface area contributed by atoms with Gasteiger partial charge in [0.05, 0.1) is 5.75 Å². The van der Waals surface area contributed by atoms with Gasteiger partial charge in [-0.05, 0) is 40.8 Å². The fourth-order valence-corrected chi connectivity index (χ4v) is 4.90. The molecule has 7 heteroatoms. The van der Waals surface area contributed by atoms with Gasteiger partial charge in [-0.2, -0.15) is 0 Å². The topological polar surface area (TPSA) is 49.4 Å². The summed E-state index contributed by atoms with van der Waals surface area (Å²) in [5.74, 6) is 0.959. The van der Waals surface area contributed by atoms with Crippen LogP contribution in [0.5, 0.6) is 0 Å². The molecule has 36 heavy (non-hydrogen) atoms. The predicted molar refractivity (Wildman–Crippen MR) is 151 cm³/mol. The number of nitrogens with one attached hydrogen (secondary N) is 1. The molecular weight excluding hydrogens is 511 g/mol. The Morgan fingerprint density at radius 2 is 1.56 bits per heavy atom. The molecule has 0 radical (unpaired) electrons. The summed E-state index contributed by atoms with van der Waals surface area (Å²) in [5.41, 5.74) is 2.89. The Kier molecular flexibility index (Phi) is 11.2. The number of carbonyl (C=O) groups is 2. The van der Waals surface area contributed by atoms with Crippen LogP contribution in [0.15, 0.2) is 78.9 Å². The highest BCUT2D eigenvalue weighted by atomic mass is 35.5. The van der Waals surface area contributed by atoms with Gasteiger partial charge < -0.3 is 10.2 Å². The van der Waals surface area contributed by atoms with Crippen molar-refractivity contribution in [1.29, 1.82) is 0 Å². The number of hydrogen-bond acceptors (Lipinski definition) is 3. The molecule has 1 unspecified atom stereocenters. The molecule has 0 spiro atoms. The van der Waals surface area contributed by atoms with Gasteiger partial charge in [-0.1, -0.05) is 97.7 Å². The number of hydrogen-bond donors (Lipinski definition) is 1. The van der Waals surface area contributed by atoms with E-state index in [4.69, 9.17) is 23.2 Å². The molecule has 0 fully saturated rings. The first kappa shape index (κ1) is 28.1. The molecule has 2 amide bonds. The molecule has 4 nitrogen and oxygen atoms in total. The summed E-state index contributed by atoms with van der Waals surface area (Å²) in [5, 5.41) is 4.30. The molecule has 3 aromatic carbocycles. The Hall–Kier alpha value is -2.47. The molecule has 0 aliphatic rings. The van der Waals surface area contributed by atoms with Crippen LogP contribution in [0.4, 0.5) is 0 Å². The van der Waals surface area contributed by atoms with Crippen LogP contribution in [0.25, 0.3) is 0 Å². The van der Waals surface area contributed by atoms with Crippen LogP contribution < -0.4 is 5.32 Å². The molecule has 0 bridgehead atoms. The predicted octanol–water partition coefficient (Wildman–Crippen LogP) is 6.64. The van der Waals surface area contributed by atoms with E-state index in [-0.39, 0.29) is 24.1 Å². The van der Waals surface area contributed by atoms with E-state index in [1.54, 1.807) is 11.0 Å². The second-order valence-electron chi connectivity index (χ2n) is 9.08. The third-order valence-electron chi connectivity index (χ3n) is 5.66. The zero-order valence-electron chi connectivity index (χ0n) is 20.6. The van der Waals surface area contributed by atoms with Crippen LogP contribution in [-0.4, -0.2) is 35.1 Å². The Balaban J connectivity index is 1.84. The highest BCUT2D eigenvalue weighted by Crippen LogP contribution is 2.22. The fourth-order valence-electron chi connectivity index (χ4n) is 3.71. The van der Waals surface area contributed by atoms with Gasteiger partial charge in [0.15, 0.2) is 0 Å². The molecule has 0 aliphatic carbocycles. The van der Waals surface area contributed by atoms with Gasteiger partial charge in [0.2, 0.25) is 11.8 Å². The van der Waals surface area contributed by atoms with Crippen molar-refractivity contribution in [2.75, 3.05) is 12.3 Å². The number of nitrogens with zero attached hydrogens (tertiary/aromatic N) is 1. The van der Waals surface area contributed by atoms with Gasteiger partial charge in [0.1, 0.15) is 6.04 Å². The van der Waals surface area contributed by atoms with E-state index < -0.39 is 6.04 Å². The van der Waals surface area contributed by atoms with Crippen molar-refractivity contribution in [2.45, 2.75) is 38.6 Å². The lowest BCUT2D eigenvalue weighted by Gasteiger charge is -2.32. The molecule has 0 heterocycles. The molecule has 0 saturated heterocycles. The monoisotopic (exact) mass is 542 g/mol. The van der Waals surface area contributed by atoms with Gasteiger partial charge in [-0.25, -0.2) is 0 Å². The number of halogens is 2. The largest absolute Gasteiger partial charge is 0.354 e. The van der Waals surface area contributed by atoms with Crippen LogP contribution in [0, 0.1) is 5.92 Å². The molecule has 0 saturated carbocycles. The van der Waals surface area contributed by atoms with Gasteiger partial charge in [0.25, 0.3) is 0 Å². The first-order valence-electron chi connectivity index (χ1n) is 12.0. The van der Waals surface area contributed by atoms with Gasteiger partial charge in [-0.3, -0.25) is 9.59 Å². The lowest BCUT2D eigenvalue weighted by molar-refractivity contribution is -0.139. The Labute approximate surface area is 228 Å². The maximum Gasteiger partial charge on any atom is 0.243 e. The lowest BCUT2D eigenvalue weighted by Crippen LogP contribution is -2.51. The number of rotatable bonds is 12. The summed E-state index contributed by atoms with van der Waals surface area (Å²) in [6.07, 6.45) is 0.419. The van der Waals surface area contributed by atoms with E-state index in [1.807, 2.05) is 86.6 Å². The van der Waals surface area contributed by atoms with E-state index in [1.165, 1.54) is 11.8 Å². The summed E-state index contributed by atoms with van der Waals surface area (Å²) in [4.78, 5) is 28.8. The Morgan fingerprint density at radius 1 is 0.889 bits per heavy atom. The highest BCUT2D eigenvalue weighted by molar-refractivity contribution is 7.99. The zero-order chi connectivity index (χ0) is 25.9. The average molecular weight is 544 g/mol. The van der Waals surface area contributed by atoms with Crippen molar-refractivity contribution >= 4 is 46.8 Å². The van der Waals surface area contributed by atoms with Gasteiger partial charge in [0, 0.05) is 35.3 Å². The van der Waals surface area contributed by atoms with Crippen molar-refractivity contribution in [1.82, 2.24) is 10.2 Å². The summed E-state index contributed by atoms with van der Waals surface area (Å²) >= 11 is 14.0. The summed E-state index contributed by atoms with van der Waals surface area (Å²) in [7, 11) is 0. The first-order valence-corrected chi connectivity index (χ1v) is 13.9. The van der Waals surface area contributed by atoms with E-state index in [0.717, 1.165) is 16.7 Å². The van der Waals surface area contributed by atoms with Crippen LogP contribution in [0.3, 0.4) is 0 Å². The standard InChI is InChI=1S/C29H32Cl2N2O2S/c1-21(2)17-32-29(35)27(16-22-8-4-3-5-9-22)33(18-24-10-6-7-11-26(24)31)28(34)20-36-19-23-12-14-25(30)15-13-23/h3-15,21,27H,16-20H2,1-2H3,(H,32,35).